The maximum absolute atomic E-state index is 11.8. The van der Waals surface area contributed by atoms with E-state index in [1.165, 1.54) is 0 Å². The number of aromatic carboxylic acids is 1. The number of carboxylic acid groups (broad SMARTS) is 1. The van der Waals surface area contributed by atoms with Gasteiger partial charge in [-0.2, -0.15) is 0 Å². The fourth-order valence-corrected chi connectivity index (χ4v) is 3.59. The lowest BCUT2D eigenvalue weighted by molar-refractivity contribution is 0.0697. The average Bonchev–Trinajstić information content (AvgIpc) is 3.21. The fourth-order valence-electron chi connectivity index (χ4n) is 3.59. The van der Waals surface area contributed by atoms with E-state index in [1.54, 1.807) is 6.07 Å². The Morgan fingerprint density at radius 3 is 2.60 bits per heavy atom. The Kier molecular flexibility index (Phi) is 5.63. The maximum atomic E-state index is 11.8. The molecule has 0 saturated carbocycles. The van der Waals surface area contributed by atoms with Crippen molar-refractivity contribution in [3.8, 4) is 11.1 Å². The van der Waals surface area contributed by atoms with Crippen LogP contribution in [0.4, 0.5) is 0 Å². The summed E-state index contributed by atoms with van der Waals surface area (Å²) in [6.45, 7) is 4.89. The monoisotopic (exact) mass is 400 g/mol. The van der Waals surface area contributed by atoms with Gasteiger partial charge in [-0.05, 0) is 47.7 Å². The standard InChI is InChI=1S/C25H24N2O3/c1-3-20-14-27-21(11-9-17(2)24(27)26-20)16-30-15-18-10-12-22(23(13-18)25(28)29)19-7-5-4-6-8-19/h4-14H,3,15-16H2,1-2H3,(H,28,29). The predicted molar refractivity (Wildman–Crippen MR) is 117 cm³/mol. The number of carbonyl (C=O) groups is 1. The summed E-state index contributed by atoms with van der Waals surface area (Å²) in [6, 6.07) is 19.1. The molecule has 0 bridgehead atoms. The van der Waals surface area contributed by atoms with E-state index in [2.05, 4.69) is 28.6 Å². The van der Waals surface area contributed by atoms with Crippen molar-refractivity contribution >= 4 is 11.6 Å². The number of carboxylic acids is 1. The SMILES string of the molecule is CCc1cn2c(COCc3ccc(-c4ccccc4)c(C(=O)O)c3)ccc(C)c2n1. The largest absolute Gasteiger partial charge is 0.478 e. The molecule has 5 nitrogen and oxygen atoms in total. The van der Waals surface area contributed by atoms with Crippen LogP contribution in [0.5, 0.6) is 0 Å². The van der Waals surface area contributed by atoms with Crippen LogP contribution >= 0.6 is 0 Å². The van der Waals surface area contributed by atoms with Crippen LogP contribution in [-0.4, -0.2) is 20.5 Å². The van der Waals surface area contributed by atoms with Crippen molar-refractivity contribution in [1.29, 1.82) is 0 Å². The van der Waals surface area contributed by atoms with Crippen molar-refractivity contribution in [3.63, 3.8) is 0 Å². The fraction of sp³-hybridized carbons (Fsp3) is 0.200. The van der Waals surface area contributed by atoms with Crippen LogP contribution in [-0.2, 0) is 24.4 Å². The molecule has 2 heterocycles. The van der Waals surface area contributed by atoms with Gasteiger partial charge >= 0.3 is 5.97 Å². The Hall–Kier alpha value is -3.44. The maximum Gasteiger partial charge on any atom is 0.336 e. The number of ether oxygens (including phenoxy) is 1. The topological polar surface area (TPSA) is 63.8 Å². The van der Waals surface area contributed by atoms with Gasteiger partial charge in [0.05, 0.1) is 24.5 Å². The molecule has 0 radical (unpaired) electrons. The molecule has 2 aromatic carbocycles. The molecule has 0 aliphatic rings. The summed E-state index contributed by atoms with van der Waals surface area (Å²) in [5.41, 5.74) is 6.84. The highest BCUT2D eigenvalue weighted by Gasteiger charge is 2.13. The second kappa shape index (κ2) is 8.51. The molecule has 0 atom stereocenters. The first-order valence-electron chi connectivity index (χ1n) is 10.0. The summed E-state index contributed by atoms with van der Waals surface area (Å²) >= 11 is 0. The average molecular weight is 400 g/mol. The second-order valence-electron chi connectivity index (χ2n) is 7.33. The molecule has 5 heteroatoms. The highest BCUT2D eigenvalue weighted by Crippen LogP contribution is 2.25. The Morgan fingerprint density at radius 2 is 1.87 bits per heavy atom. The number of aromatic nitrogens is 2. The molecular weight excluding hydrogens is 376 g/mol. The third kappa shape index (κ3) is 3.98. The molecule has 0 aliphatic carbocycles. The van der Waals surface area contributed by atoms with Crippen LogP contribution in [0, 0.1) is 6.92 Å². The van der Waals surface area contributed by atoms with Gasteiger partial charge in [-0.15, -0.1) is 0 Å². The lowest BCUT2D eigenvalue weighted by Crippen LogP contribution is -2.04. The van der Waals surface area contributed by atoms with E-state index in [9.17, 15) is 9.90 Å². The van der Waals surface area contributed by atoms with Gasteiger partial charge < -0.3 is 14.2 Å². The zero-order valence-electron chi connectivity index (χ0n) is 17.1. The zero-order valence-corrected chi connectivity index (χ0v) is 17.1. The van der Waals surface area contributed by atoms with E-state index in [4.69, 9.17) is 4.74 Å². The highest BCUT2D eigenvalue weighted by molar-refractivity contribution is 5.96. The van der Waals surface area contributed by atoms with Crippen LogP contribution < -0.4 is 0 Å². The number of benzene rings is 2. The summed E-state index contributed by atoms with van der Waals surface area (Å²) in [7, 11) is 0. The first-order valence-corrected chi connectivity index (χ1v) is 10.0. The third-order valence-electron chi connectivity index (χ3n) is 5.22. The first-order chi connectivity index (χ1) is 14.6. The van der Waals surface area contributed by atoms with Crippen molar-refractivity contribution < 1.29 is 14.6 Å². The molecule has 0 unspecified atom stereocenters. The molecular formula is C25H24N2O3. The summed E-state index contributed by atoms with van der Waals surface area (Å²) in [4.78, 5) is 16.5. The molecule has 0 amide bonds. The quantitative estimate of drug-likeness (QED) is 0.458. The minimum Gasteiger partial charge on any atom is -0.478 e. The van der Waals surface area contributed by atoms with Crippen LogP contribution in [0.15, 0.2) is 66.9 Å². The summed E-state index contributed by atoms with van der Waals surface area (Å²) < 4.78 is 8.01. The number of hydrogen-bond acceptors (Lipinski definition) is 3. The van der Waals surface area contributed by atoms with E-state index in [-0.39, 0.29) is 5.56 Å². The number of hydrogen-bond donors (Lipinski definition) is 1. The van der Waals surface area contributed by atoms with E-state index < -0.39 is 5.97 Å². The molecule has 0 aliphatic heterocycles. The van der Waals surface area contributed by atoms with Crippen LogP contribution in [0.2, 0.25) is 0 Å². The Balaban J connectivity index is 1.53. The van der Waals surface area contributed by atoms with Gasteiger partial charge in [0.1, 0.15) is 5.65 Å². The lowest BCUT2D eigenvalue weighted by atomic mass is 9.98. The van der Waals surface area contributed by atoms with Gasteiger partial charge in [-0.25, -0.2) is 9.78 Å². The molecule has 1 N–H and O–H groups in total. The van der Waals surface area contributed by atoms with Gasteiger partial charge in [-0.3, -0.25) is 0 Å². The van der Waals surface area contributed by atoms with Crippen molar-refractivity contribution in [1.82, 2.24) is 9.38 Å². The molecule has 0 fully saturated rings. The van der Waals surface area contributed by atoms with Crippen molar-refractivity contribution in [3.05, 3.63) is 94.9 Å². The smallest absolute Gasteiger partial charge is 0.336 e. The molecule has 2 aromatic heterocycles. The van der Waals surface area contributed by atoms with Crippen molar-refractivity contribution in [2.24, 2.45) is 0 Å². The Labute approximate surface area is 175 Å². The number of nitrogens with zero attached hydrogens (tertiary/aromatic N) is 2. The molecule has 0 spiro atoms. The van der Waals surface area contributed by atoms with Crippen molar-refractivity contribution in [2.75, 3.05) is 0 Å². The number of aryl methyl sites for hydroxylation is 2. The lowest BCUT2D eigenvalue weighted by Gasteiger charge is -2.11. The Morgan fingerprint density at radius 1 is 1.07 bits per heavy atom. The van der Waals surface area contributed by atoms with Gasteiger partial charge in [0, 0.05) is 11.9 Å². The third-order valence-corrected chi connectivity index (χ3v) is 5.22. The highest BCUT2D eigenvalue weighted by atomic mass is 16.5. The van der Waals surface area contributed by atoms with Gasteiger partial charge in [0.2, 0.25) is 0 Å². The number of rotatable bonds is 7. The van der Waals surface area contributed by atoms with Crippen LogP contribution in [0.25, 0.3) is 16.8 Å². The number of imidazole rings is 1. The van der Waals surface area contributed by atoms with Crippen molar-refractivity contribution in [2.45, 2.75) is 33.5 Å². The van der Waals surface area contributed by atoms with Gasteiger partial charge in [-0.1, -0.05) is 55.5 Å². The van der Waals surface area contributed by atoms with Crippen LogP contribution in [0.3, 0.4) is 0 Å². The minimum absolute atomic E-state index is 0.280. The molecule has 4 rings (SSSR count). The molecule has 0 saturated heterocycles. The van der Waals surface area contributed by atoms with E-state index >= 15 is 0 Å². The second-order valence-corrected chi connectivity index (χ2v) is 7.33. The predicted octanol–water partition coefficient (Wildman–Crippen LogP) is 5.29. The zero-order chi connectivity index (χ0) is 21.1. The molecule has 30 heavy (non-hydrogen) atoms. The summed E-state index contributed by atoms with van der Waals surface area (Å²) in [5.74, 6) is -0.943. The summed E-state index contributed by atoms with van der Waals surface area (Å²) in [6.07, 6.45) is 2.94. The van der Waals surface area contributed by atoms with E-state index in [0.29, 0.717) is 18.8 Å². The minimum atomic E-state index is -0.943. The van der Waals surface area contributed by atoms with E-state index in [1.807, 2.05) is 55.5 Å². The number of pyridine rings is 1. The van der Waals surface area contributed by atoms with E-state index in [0.717, 1.165) is 40.1 Å². The van der Waals surface area contributed by atoms with Crippen LogP contribution in [0.1, 0.15) is 39.8 Å². The Bertz CT molecular complexity index is 1200. The molecule has 4 aromatic rings. The first kappa shape index (κ1) is 19.9. The number of fused-ring (bicyclic) bond motifs is 1. The van der Waals surface area contributed by atoms with Gasteiger partial charge in [0.15, 0.2) is 0 Å². The summed E-state index contributed by atoms with van der Waals surface area (Å²) in [5, 5.41) is 9.67. The van der Waals surface area contributed by atoms with Gasteiger partial charge in [0.25, 0.3) is 0 Å². The normalized spacial score (nSPS) is 11.1. The molecule has 152 valence electrons.